The van der Waals surface area contributed by atoms with Gasteiger partial charge in [-0.25, -0.2) is 0 Å². The molecule has 6 nitrogen and oxygen atoms in total. The van der Waals surface area contributed by atoms with Crippen molar-refractivity contribution in [3.8, 4) is 11.5 Å². The van der Waals surface area contributed by atoms with Crippen LogP contribution in [0.25, 0.3) is 0 Å². The van der Waals surface area contributed by atoms with Crippen molar-refractivity contribution in [2.75, 3.05) is 14.2 Å². The number of para-hydroxylation sites is 1. The second-order valence-corrected chi connectivity index (χ2v) is 10.1. The van der Waals surface area contributed by atoms with Gasteiger partial charge in [0.05, 0.1) is 30.9 Å². The van der Waals surface area contributed by atoms with E-state index in [0.717, 1.165) is 10.0 Å². The molecule has 4 rings (SSSR count). The highest BCUT2D eigenvalue weighted by molar-refractivity contribution is 9.10. The minimum atomic E-state index is -3.92. The second-order valence-electron chi connectivity index (χ2n) is 7.40. The number of aryl methyl sites for hydroxylation is 1. The van der Waals surface area contributed by atoms with Crippen molar-refractivity contribution in [2.45, 2.75) is 24.3 Å². The number of nitrogens with zero attached hydrogens (tertiary/aromatic N) is 2. The lowest BCUT2D eigenvalue weighted by atomic mass is 9.98. The van der Waals surface area contributed by atoms with Crippen molar-refractivity contribution in [1.82, 2.24) is 4.41 Å². The zero-order valence-corrected chi connectivity index (χ0v) is 20.4. The van der Waals surface area contributed by atoms with Gasteiger partial charge in [0.15, 0.2) is 11.5 Å². The minimum Gasteiger partial charge on any atom is -0.493 e. The van der Waals surface area contributed by atoms with Crippen LogP contribution in [0.5, 0.6) is 11.5 Å². The predicted octanol–water partition coefficient (Wildman–Crippen LogP) is 5.31. The Morgan fingerprint density at radius 2 is 1.69 bits per heavy atom. The van der Waals surface area contributed by atoms with Crippen LogP contribution in [0, 0.1) is 6.92 Å². The summed E-state index contributed by atoms with van der Waals surface area (Å²) in [6, 6.07) is 19.5. The Kier molecular flexibility index (Phi) is 6.26. The van der Waals surface area contributed by atoms with Gasteiger partial charge in [-0.3, -0.25) is 0 Å². The monoisotopic (exact) mass is 514 g/mol. The molecule has 32 heavy (non-hydrogen) atoms. The van der Waals surface area contributed by atoms with E-state index in [4.69, 9.17) is 9.47 Å². The molecule has 0 radical (unpaired) electrons. The molecule has 0 saturated carbocycles. The average molecular weight is 515 g/mol. The third kappa shape index (κ3) is 4.00. The summed E-state index contributed by atoms with van der Waals surface area (Å²) in [6.07, 6.45) is 0.399. The average Bonchev–Trinajstić information content (AvgIpc) is 3.25. The van der Waals surface area contributed by atoms with E-state index in [2.05, 4.69) is 21.0 Å². The summed E-state index contributed by atoms with van der Waals surface area (Å²) in [4.78, 5) is 0.229. The molecular formula is C24H23BrN2O4S. The number of sulfonamides is 1. The largest absolute Gasteiger partial charge is 0.493 e. The van der Waals surface area contributed by atoms with Gasteiger partial charge in [0.2, 0.25) is 0 Å². The van der Waals surface area contributed by atoms with Crippen molar-refractivity contribution in [1.29, 1.82) is 0 Å². The maximum atomic E-state index is 13.8. The van der Waals surface area contributed by atoms with Gasteiger partial charge in [0.25, 0.3) is 10.0 Å². The van der Waals surface area contributed by atoms with Gasteiger partial charge in [-0.05, 0) is 42.3 Å². The Morgan fingerprint density at radius 3 is 2.34 bits per heavy atom. The maximum Gasteiger partial charge on any atom is 0.279 e. The highest BCUT2D eigenvalue weighted by Crippen LogP contribution is 2.44. The van der Waals surface area contributed by atoms with Gasteiger partial charge in [-0.2, -0.15) is 17.9 Å². The fourth-order valence-corrected chi connectivity index (χ4v) is 5.80. The van der Waals surface area contributed by atoms with Crippen LogP contribution in [-0.4, -0.2) is 32.8 Å². The molecule has 0 fully saturated rings. The standard InChI is InChI=1S/C24H23BrN2O4S/c1-16-7-4-5-10-23(16)32(28,29)27-21(19-8-6-9-22(30-2)24(19)31-3)15-20(26-27)17-11-13-18(25)14-12-17/h4-14,21H,15H2,1-3H3/t21-/m1/s1. The smallest absolute Gasteiger partial charge is 0.279 e. The summed E-state index contributed by atoms with van der Waals surface area (Å²) in [5.41, 5.74) is 2.91. The SMILES string of the molecule is COc1cccc([C@H]2CC(c3ccc(Br)cc3)=NN2S(=O)(=O)c2ccccc2C)c1OC. The Bertz CT molecular complexity index is 1270. The lowest BCUT2D eigenvalue weighted by molar-refractivity contribution is 0.328. The summed E-state index contributed by atoms with van der Waals surface area (Å²) < 4.78 is 40.8. The van der Waals surface area contributed by atoms with Crippen LogP contribution in [0.3, 0.4) is 0 Å². The van der Waals surface area contributed by atoms with E-state index in [1.807, 2.05) is 42.5 Å². The molecule has 0 N–H and O–H groups in total. The number of rotatable bonds is 6. The highest BCUT2D eigenvalue weighted by atomic mass is 79.9. The van der Waals surface area contributed by atoms with Crippen LogP contribution in [0.2, 0.25) is 0 Å². The van der Waals surface area contributed by atoms with Crippen LogP contribution in [0.15, 0.2) is 81.2 Å². The number of benzene rings is 3. The van der Waals surface area contributed by atoms with Crippen molar-refractivity contribution >= 4 is 31.7 Å². The molecule has 1 heterocycles. The quantitative estimate of drug-likeness (QED) is 0.446. The summed E-state index contributed by atoms with van der Waals surface area (Å²) in [6.45, 7) is 1.78. The maximum absolute atomic E-state index is 13.8. The summed E-state index contributed by atoms with van der Waals surface area (Å²) in [5.74, 6) is 1.03. The Labute approximate surface area is 196 Å². The molecule has 3 aromatic carbocycles. The molecule has 166 valence electrons. The molecule has 1 atom stereocenters. The topological polar surface area (TPSA) is 68.2 Å². The van der Waals surface area contributed by atoms with Gasteiger partial charge >= 0.3 is 0 Å². The summed E-state index contributed by atoms with van der Waals surface area (Å²) in [7, 11) is -0.814. The van der Waals surface area contributed by atoms with Crippen molar-refractivity contribution in [3.63, 3.8) is 0 Å². The zero-order valence-electron chi connectivity index (χ0n) is 17.9. The normalized spacial score (nSPS) is 16.1. The molecule has 8 heteroatoms. The molecule has 0 amide bonds. The molecule has 0 saturated heterocycles. The highest BCUT2D eigenvalue weighted by Gasteiger charge is 2.40. The van der Waals surface area contributed by atoms with Gasteiger partial charge in [-0.15, -0.1) is 0 Å². The van der Waals surface area contributed by atoms with E-state index in [0.29, 0.717) is 34.8 Å². The van der Waals surface area contributed by atoms with Crippen LogP contribution in [0.4, 0.5) is 0 Å². The zero-order chi connectivity index (χ0) is 22.9. The first-order chi connectivity index (χ1) is 15.4. The van der Waals surface area contributed by atoms with E-state index >= 15 is 0 Å². The fraction of sp³-hybridized carbons (Fsp3) is 0.208. The Hall–Kier alpha value is -2.84. The second kappa shape index (κ2) is 8.96. The van der Waals surface area contributed by atoms with Gasteiger partial charge in [-0.1, -0.05) is 58.4 Å². The molecular weight excluding hydrogens is 492 g/mol. The van der Waals surface area contributed by atoms with E-state index in [-0.39, 0.29) is 4.90 Å². The molecule has 1 aliphatic heterocycles. The molecule has 0 aliphatic carbocycles. The molecule has 0 bridgehead atoms. The molecule has 1 aliphatic rings. The van der Waals surface area contributed by atoms with Crippen LogP contribution < -0.4 is 9.47 Å². The van der Waals surface area contributed by atoms with Crippen molar-refractivity contribution in [2.24, 2.45) is 5.10 Å². The van der Waals surface area contributed by atoms with Gasteiger partial charge in [0.1, 0.15) is 0 Å². The Balaban J connectivity index is 1.88. The van der Waals surface area contributed by atoms with Gasteiger partial charge < -0.3 is 9.47 Å². The molecule has 0 aromatic heterocycles. The Morgan fingerprint density at radius 1 is 0.969 bits per heavy atom. The number of hydrogen-bond acceptors (Lipinski definition) is 5. The molecule has 0 unspecified atom stereocenters. The lowest BCUT2D eigenvalue weighted by Gasteiger charge is -2.26. The lowest BCUT2D eigenvalue weighted by Crippen LogP contribution is -2.28. The number of halogens is 1. The van der Waals surface area contributed by atoms with Crippen molar-refractivity contribution in [3.05, 3.63) is 87.9 Å². The fourth-order valence-electron chi connectivity index (χ4n) is 3.88. The first kappa shape index (κ1) is 22.4. The number of ether oxygens (including phenoxy) is 2. The van der Waals surface area contributed by atoms with Crippen LogP contribution in [-0.2, 0) is 10.0 Å². The summed E-state index contributed by atoms with van der Waals surface area (Å²) in [5, 5.41) is 4.62. The van der Waals surface area contributed by atoms with E-state index in [9.17, 15) is 8.42 Å². The predicted molar refractivity (Wildman–Crippen MR) is 128 cm³/mol. The number of methoxy groups -OCH3 is 2. The third-order valence-electron chi connectivity index (χ3n) is 5.46. The van der Waals surface area contributed by atoms with E-state index in [1.165, 1.54) is 4.41 Å². The van der Waals surface area contributed by atoms with Gasteiger partial charge in [0, 0.05) is 16.5 Å². The first-order valence-electron chi connectivity index (χ1n) is 10.0. The van der Waals surface area contributed by atoms with Crippen LogP contribution in [0.1, 0.15) is 29.2 Å². The minimum absolute atomic E-state index is 0.229. The molecule has 3 aromatic rings. The number of hydrazone groups is 1. The van der Waals surface area contributed by atoms with E-state index in [1.54, 1.807) is 45.4 Å². The summed E-state index contributed by atoms with van der Waals surface area (Å²) >= 11 is 3.44. The third-order valence-corrected chi connectivity index (χ3v) is 7.83. The molecule has 0 spiro atoms. The van der Waals surface area contributed by atoms with Crippen LogP contribution >= 0.6 is 15.9 Å². The van der Waals surface area contributed by atoms with Crippen molar-refractivity contribution < 1.29 is 17.9 Å². The number of hydrogen-bond donors (Lipinski definition) is 0. The van der Waals surface area contributed by atoms with E-state index < -0.39 is 16.1 Å². The first-order valence-corrected chi connectivity index (χ1v) is 12.2.